The Morgan fingerprint density at radius 1 is 1.09 bits per heavy atom. The Kier molecular flexibility index (Phi) is 6.34. The highest BCUT2D eigenvalue weighted by atomic mass is 79.9. The van der Waals surface area contributed by atoms with Crippen molar-refractivity contribution in [2.75, 3.05) is 23.0 Å². The van der Waals surface area contributed by atoms with Crippen LogP contribution in [0.1, 0.15) is 11.1 Å². The number of hydrogen-bond acceptors (Lipinski definition) is 5. The molecule has 0 fully saturated rings. The predicted molar refractivity (Wildman–Crippen MR) is 136 cm³/mol. The van der Waals surface area contributed by atoms with E-state index in [1.807, 2.05) is 13.0 Å². The van der Waals surface area contributed by atoms with Crippen molar-refractivity contribution in [2.45, 2.75) is 13.8 Å². The van der Waals surface area contributed by atoms with Gasteiger partial charge in [0.05, 0.1) is 5.69 Å². The van der Waals surface area contributed by atoms with Crippen molar-refractivity contribution < 1.29 is 9.18 Å². The number of halogens is 2. The number of aryl methyl sites for hydroxylation is 2. The zero-order chi connectivity index (χ0) is 24.6. The summed E-state index contributed by atoms with van der Waals surface area (Å²) in [6, 6.07) is 9.22. The molecule has 3 N–H and O–H groups in total. The van der Waals surface area contributed by atoms with Crippen LogP contribution in [0.5, 0.6) is 0 Å². The van der Waals surface area contributed by atoms with Gasteiger partial charge in [0.2, 0.25) is 5.95 Å². The lowest BCUT2D eigenvalue weighted by molar-refractivity contribution is 0.262. The molecule has 2 heterocycles. The van der Waals surface area contributed by atoms with E-state index in [9.17, 15) is 14.0 Å². The first kappa shape index (κ1) is 23.4. The lowest BCUT2D eigenvalue weighted by atomic mass is 9.99. The van der Waals surface area contributed by atoms with Crippen LogP contribution in [0.25, 0.3) is 22.2 Å². The molecule has 0 unspecified atom stereocenters. The van der Waals surface area contributed by atoms with Crippen molar-refractivity contribution >= 4 is 50.3 Å². The van der Waals surface area contributed by atoms with E-state index in [0.29, 0.717) is 39.4 Å². The summed E-state index contributed by atoms with van der Waals surface area (Å²) in [6.45, 7) is 3.56. The van der Waals surface area contributed by atoms with E-state index in [1.165, 1.54) is 16.7 Å². The summed E-state index contributed by atoms with van der Waals surface area (Å²) in [4.78, 5) is 34.3. The first-order valence-electron chi connectivity index (χ1n) is 10.4. The fourth-order valence-electron chi connectivity index (χ4n) is 3.64. The van der Waals surface area contributed by atoms with Gasteiger partial charge in [-0.3, -0.25) is 9.36 Å². The van der Waals surface area contributed by atoms with Crippen LogP contribution < -0.4 is 21.5 Å². The van der Waals surface area contributed by atoms with E-state index < -0.39 is 11.8 Å². The van der Waals surface area contributed by atoms with Crippen molar-refractivity contribution in [3.8, 4) is 11.1 Å². The third-order valence-electron chi connectivity index (χ3n) is 5.54. The lowest BCUT2D eigenvalue weighted by Crippen LogP contribution is -2.22. The molecule has 0 atom stereocenters. The SMILES string of the molecule is CNc1ncc2cc(-c3cc(NC(=O)Nc4cccc(Br)c4C)c(F)cc3C)c(=O)n(C)c2n1. The molecule has 10 heteroatoms. The van der Waals surface area contributed by atoms with E-state index in [1.54, 1.807) is 45.4 Å². The number of nitrogens with one attached hydrogen (secondary N) is 3. The Bertz CT molecular complexity index is 1500. The summed E-state index contributed by atoms with van der Waals surface area (Å²) >= 11 is 3.42. The summed E-state index contributed by atoms with van der Waals surface area (Å²) in [5.41, 5.74) is 2.94. The van der Waals surface area contributed by atoms with E-state index in [0.717, 1.165) is 10.0 Å². The van der Waals surface area contributed by atoms with Crippen molar-refractivity contribution in [2.24, 2.45) is 7.05 Å². The molecule has 0 radical (unpaired) electrons. The molecule has 0 saturated heterocycles. The van der Waals surface area contributed by atoms with Gasteiger partial charge in [-0.25, -0.2) is 14.2 Å². The maximum atomic E-state index is 14.7. The number of carbonyl (C=O) groups excluding carboxylic acids is 1. The number of benzene rings is 2. The van der Waals surface area contributed by atoms with Crippen molar-refractivity contribution in [3.05, 3.63) is 74.4 Å². The predicted octanol–water partition coefficient (Wildman–Crippen LogP) is 5.20. The molecule has 34 heavy (non-hydrogen) atoms. The molecule has 0 bridgehead atoms. The molecule has 2 aromatic carbocycles. The smallest absolute Gasteiger partial charge is 0.323 e. The highest BCUT2D eigenvalue weighted by Crippen LogP contribution is 2.29. The molecule has 0 saturated carbocycles. The molecule has 0 aliphatic carbocycles. The molecule has 2 amide bonds. The van der Waals surface area contributed by atoms with Crippen LogP contribution in [0.4, 0.5) is 26.5 Å². The Labute approximate surface area is 203 Å². The average molecular weight is 525 g/mol. The van der Waals surface area contributed by atoms with Gasteiger partial charge in [0.1, 0.15) is 11.5 Å². The van der Waals surface area contributed by atoms with E-state index >= 15 is 0 Å². The van der Waals surface area contributed by atoms with Crippen LogP contribution in [0.15, 0.2) is 51.9 Å². The highest BCUT2D eigenvalue weighted by Gasteiger charge is 2.17. The summed E-state index contributed by atoms with van der Waals surface area (Å²) < 4.78 is 17.0. The van der Waals surface area contributed by atoms with E-state index in [4.69, 9.17) is 0 Å². The summed E-state index contributed by atoms with van der Waals surface area (Å²) in [5.74, 6) is -0.214. The first-order chi connectivity index (χ1) is 16.2. The second-order valence-corrected chi connectivity index (χ2v) is 8.64. The molecule has 2 aromatic heterocycles. The van der Waals surface area contributed by atoms with E-state index in [-0.39, 0.29) is 11.2 Å². The van der Waals surface area contributed by atoms with Gasteiger partial charge in [-0.15, -0.1) is 0 Å². The molecule has 8 nitrogen and oxygen atoms in total. The van der Waals surface area contributed by atoms with Gasteiger partial charge < -0.3 is 16.0 Å². The minimum absolute atomic E-state index is 0.0466. The van der Waals surface area contributed by atoms with Crippen molar-refractivity contribution in [1.82, 2.24) is 14.5 Å². The second-order valence-electron chi connectivity index (χ2n) is 7.78. The number of urea groups is 1. The minimum atomic E-state index is -0.609. The van der Waals surface area contributed by atoms with Gasteiger partial charge in [-0.1, -0.05) is 22.0 Å². The van der Waals surface area contributed by atoms with Crippen LogP contribution in [0.2, 0.25) is 0 Å². The molecule has 0 spiro atoms. The number of amides is 2. The molecule has 174 valence electrons. The number of aromatic nitrogens is 3. The molecule has 4 aromatic rings. The van der Waals surface area contributed by atoms with Crippen LogP contribution in [0.3, 0.4) is 0 Å². The Morgan fingerprint density at radius 2 is 1.82 bits per heavy atom. The standard InChI is InChI=1S/C24H22BrFN6O2/c1-12-8-18(26)20(30-24(34)29-19-7-5-6-17(25)13(19)2)10-15(12)16-9-14-11-28-23(27-3)31-21(14)32(4)22(16)33/h5-11H,1-4H3,(H,27,28,31)(H2,29,30,34). The summed E-state index contributed by atoms with van der Waals surface area (Å²) in [5, 5.41) is 8.77. The fraction of sp³-hybridized carbons (Fsp3) is 0.167. The topological polar surface area (TPSA) is 101 Å². The summed E-state index contributed by atoms with van der Waals surface area (Å²) in [6.07, 6.45) is 1.61. The monoisotopic (exact) mass is 524 g/mol. The number of carbonyl (C=O) groups is 1. The lowest BCUT2D eigenvalue weighted by Gasteiger charge is -2.15. The zero-order valence-corrected chi connectivity index (χ0v) is 20.5. The van der Waals surface area contributed by atoms with Gasteiger partial charge >= 0.3 is 6.03 Å². The van der Waals surface area contributed by atoms with Gasteiger partial charge in [0.15, 0.2) is 0 Å². The fourth-order valence-corrected chi connectivity index (χ4v) is 4.00. The number of rotatable bonds is 4. The third-order valence-corrected chi connectivity index (χ3v) is 6.40. The molecule has 0 aliphatic rings. The Morgan fingerprint density at radius 3 is 2.56 bits per heavy atom. The van der Waals surface area contributed by atoms with Crippen molar-refractivity contribution in [1.29, 1.82) is 0 Å². The van der Waals surface area contributed by atoms with Gasteiger partial charge in [0.25, 0.3) is 5.56 Å². The maximum absolute atomic E-state index is 14.7. The van der Waals surface area contributed by atoms with Crippen molar-refractivity contribution in [3.63, 3.8) is 0 Å². The minimum Gasteiger partial charge on any atom is -0.357 e. The molecular weight excluding hydrogens is 503 g/mol. The number of fused-ring (bicyclic) bond motifs is 1. The normalized spacial score (nSPS) is 10.9. The van der Waals surface area contributed by atoms with Gasteiger partial charge in [-0.05, 0) is 60.9 Å². The number of nitrogens with zero attached hydrogens (tertiary/aromatic N) is 3. The number of pyridine rings is 1. The second kappa shape index (κ2) is 9.22. The van der Waals surface area contributed by atoms with Crippen LogP contribution >= 0.6 is 15.9 Å². The molecular formula is C24H22BrFN6O2. The number of anilines is 3. The third kappa shape index (κ3) is 4.36. The van der Waals surface area contributed by atoms with Crippen LogP contribution in [-0.2, 0) is 7.05 Å². The van der Waals surface area contributed by atoms with Gasteiger partial charge in [0, 0.05) is 41.4 Å². The summed E-state index contributed by atoms with van der Waals surface area (Å²) in [7, 11) is 3.31. The Balaban J connectivity index is 1.73. The van der Waals surface area contributed by atoms with Crippen LogP contribution in [-0.4, -0.2) is 27.6 Å². The average Bonchev–Trinajstić information content (AvgIpc) is 2.81. The zero-order valence-electron chi connectivity index (χ0n) is 19.0. The maximum Gasteiger partial charge on any atom is 0.323 e. The molecule has 4 rings (SSSR count). The first-order valence-corrected chi connectivity index (χ1v) is 11.2. The highest BCUT2D eigenvalue weighted by molar-refractivity contribution is 9.10. The molecule has 0 aliphatic heterocycles. The van der Waals surface area contributed by atoms with Crippen LogP contribution in [0, 0.1) is 19.7 Å². The Hall–Kier alpha value is -3.79. The number of hydrogen-bond donors (Lipinski definition) is 3. The largest absolute Gasteiger partial charge is 0.357 e. The quantitative estimate of drug-likeness (QED) is 0.340. The van der Waals surface area contributed by atoms with E-state index in [2.05, 4.69) is 41.8 Å². The van der Waals surface area contributed by atoms with Gasteiger partial charge in [-0.2, -0.15) is 4.98 Å².